The first-order valence-corrected chi connectivity index (χ1v) is 37.6. The molecule has 13 rings (SSSR count). The summed E-state index contributed by atoms with van der Waals surface area (Å²) in [5.41, 5.74) is 0.901. The third-order valence-corrected chi connectivity index (χ3v) is 26.0. The number of halogens is 2. The van der Waals surface area contributed by atoms with Crippen LogP contribution in [0.25, 0.3) is 0 Å². The number of hydrogen-bond acceptors (Lipinski definition) is 0. The average Bonchev–Trinajstić information content (AvgIpc) is 2.03. The molecular formula is C82H158F2. The van der Waals surface area contributed by atoms with Gasteiger partial charge < -0.3 is 0 Å². The maximum absolute atomic E-state index is 13.3. The first-order valence-electron chi connectivity index (χ1n) is 37.6. The molecule has 0 heterocycles. The molecule has 84 heavy (non-hydrogen) atoms. The van der Waals surface area contributed by atoms with Gasteiger partial charge in [0, 0.05) is 5.41 Å². The second-order valence-electron chi connectivity index (χ2n) is 38.6. The van der Waals surface area contributed by atoms with Gasteiger partial charge in [-0.15, -0.1) is 0 Å². The van der Waals surface area contributed by atoms with Crippen molar-refractivity contribution in [3.05, 3.63) is 0 Å². The molecule has 0 nitrogen and oxygen atoms in total. The molecule has 0 aromatic heterocycles. The van der Waals surface area contributed by atoms with E-state index in [9.17, 15) is 8.78 Å². The van der Waals surface area contributed by atoms with Crippen molar-refractivity contribution in [1.82, 2.24) is 0 Å². The Kier molecular flexibility index (Phi) is 28.8. The van der Waals surface area contributed by atoms with Crippen LogP contribution >= 0.6 is 0 Å². The molecule has 0 aliphatic heterocycles. The lowest BCUT2D eigenvalue weighted by Crippen LogP contribution is -2.25. The van der Waals surface area contributed by atoms with Crippen LogP contribution in [-0.4, -0.2) is 11.3 Å². The fraction of sp³-hybridized carbons (Fsp3) is 1.00. The third kappa shape index (κ3) is 25.5. The van der Waals surface area contributed by atoms with Gasteiger partial charge in [0.2, 0.25) is 0 Å². The summed E-state index contributed by atoms with van der Waals surface area (Å²) in [6, 6.07) is 0. The van der Waals surface area contributed by atoms with Crippen LogP contribution in [-0.2, 0) is 0 Å². The molecule has 0 saturated heterocycles. The van der Waals surface area contributed by atoms with E-state index >= 15 is 0 Å². The first-order chi connectivity index (χ1) is 38.2. The SMILES string of the molecule is CC(C)(C)C1(C)CC1(C)F.CC(C)C1(F)CC1.CC(C)C1CC1(C)C.CC(C)C1CC12CC2.CC(C)C1CC12CCC2.CC(C)[C@@H]1C[C@@H]1C.CC(C)[C@@H]1C[C@H]1C.CC(C)[C@@H]1C[C@H]1C.CC(C)[C@H]1C[C@@H]1C.CC(C)[C@H]1C[C@@H]1C.CC(C)[C@H]1C[C@H]1C. The van der Waals surface area contributed by atoms with E-state index in [0.717, 1.165) is 172 Å². The summed E-state index contributed by atoms with van der Waals surface area (Å²) in [7, 11) is 0. The Hall–Kier alpha value is -0.140. The van der Waals surface area contributed by atoms with Gasteiger partial charge in [0.15, 0.2) is 0 Å². The van der Waals surface area contributed by atoms with Crippen molar-refractivity contribution < 1.29 is 8.78 Å². The zero-order valence-electron chi connectivity index (χ0n) is 63.7. The number of alkyl halides is 2. The quantitative estimate of drug-likeness (QED) is 0.205. The lowest BCUT2D eigenvalue weighted by molar-refractivity contribution is 0.142. The van der Waals surface area contributed by atoms with Crippen molar-refractivity contribution >= 4 is 0 Å². The molecule has 5 unspecified atom stereocenters. The summed E-state index contributed by atoms with van der Waals surface area (Å²) in [6.07, 6.45) is 23.5. The predicted octanol–water partition coefficient (Wildman–Crippen LogP) is 27.1. The highest BCUT2D eigenvalue weighted by atomic mass is 19.1. The van der Waals surface area contributed by atoms with Gasteiger partial charge in [0.25, 0.3) is 0 Å². The number of hydrogen-bond donors (Lipinski definition) is 0. The van der Waals surface area contributed by atoms with Crippen LogP contribution in [0.1, 0.15) is 338 Å². The molecule has 17 atom stereocenters. The van der Waals surface area contributed by atoms with Gasteiger partial charge in [-0.05, 0) is 279 Å². The van der Waals surface area contributed by atoms with E-state index in [1.54, 1.807) is 45.4 Å². The Labute approximate surface area is 530 Å². The van der Waals surface area contributed by atoms with Crippen LogP contribution in [0.5, 0.6) is 0 Å². The Morgan fingerprint density at radius 1 is 0.333 bits per heavy atom. The lowest BCUT2D eigenvalue weighted by atomic mass is 9.77. The van der Waals surface area contributed by atoms with E-state index in [1.165, 1.54) is 51.4 Å². The second kappa shape index (κ2) is 31.0. The molecule has 0 bridgehead atoms. The Morgan fingerprint density at radius 3 is 0.571 bits per heavy atom. The van der Waals surface area contributed by atoms with Gasteiger partial charge >= 0.3 is 0 Å². The number of rotatable bonds is 10. The minimum Gasteiger partial charge on any atom is -0.244 e. The second-order valence-corrected chi connectivity index (χ2v) is 38.6. The van der Waals surface area contributed by atoms with Crippen molar-refractivity contribution in [1.29, 1.82) is 0 Å². The van der Waals surface area contributed by atoms with Crippen LogP contribution in [0.3, 0.4) is 0 Å². The van der Waals surface area contributed by atoms with Gasteiger partial charge in [-0.25, -0.2) is 8.78 Å². The molecule has 13 aliphatic rings. The molecule has 500 valence electrons. The van der Waals surface area contributed by atoms with E-state index in [-0.39, 0.29) is 16.7 Å². The highest BCUT2D eigenvalue weighted by Crippen LogP contribution is 2.73. The Balaban J connectivity index is 0.000000243. The maximum Gasteiger partial charge on any atom is 0.114 e. The van der Waals surface area contributed by atoms with Crippen LogP contribution in [0.4, 0.5) is 8.78 Å². The third-order valence-electron chi connectivity index (χ3n) is 26.0. The van der Waals surface area contributed by atoms with Crippen molar-refractivity contribution in [2.24, 2.45) is 175 Å². The van der Waals surface area contributed by atoms with Gasteiger partial charge in [0.1, 0.15) is 11.3 Å². The molecule has 13 fully saturated rings. The van der Waals surface area contributed by atoms with E-state index in [0.29, 0.717) is 5.41 Å². The molecule has 0 radical (unpaired) electrons. The summed E-state index contributed by atoms with van der Waals surface area (Å²) in [5.74, 6) is 24.6. The van der Waals surface area contributed by atoms with E-state index < -0.39 is 11.3 Å². The molecule has 0 aromatic carbocycles. The fourth-order valence-corrected chi connectivity index (χ4v) is 16.3. The summed E-state index contributed by atoms with van der Waals surface area (Å²) in [5, 5.41) is 0. The molecule has 2 spiro atoms. The smallest absolute Gasteiger partial charge is 0.114 e. The molecule has 13 aliphatic carbocycles. The standard InChI is InChI=1S/C9H17F.C9H16.C8H14.C8H16.6C7H14.C6H11F/c1-7(2,3)8(4)6-9(8,5)10;1-7(2)8-6-9(8)4-3-5-9;1-6(2)7-5-8(7)3-4-8;1-6(2)7-5-8(7,3)4;6*1-5(2)7-4-6(7)3;1-5(2)6(7)3-4-6/h6H2,1-5H3;7-8H,3-6H2,1-2H3;6-7H,3-5H2,1-2H3;6-7H,5H2,1-4H3;6*5-7H,4H2,1-3H3;5H,3-4H2,1-2H3/t;;;;4*6-,7+;2*6-,7-;/m....110010./s1. The topological polar surface area (TPSA) is 0 Å². The zero-order valence-corrected chi connectivity index (χ0v) is 63.7. The molecule has 13 saturated carbocycles. The van der Waals surface area contributed by atoms with Gasteiger partial charge in [-0.1, -0.05) is 228 Å². The maximum atomic E-state index is 13.3. The Bertz CT molecular complexity index is 1680. The van der Waals surface area contributed by atoms with Gasteiger partial charge in [-0.3, -0.25) is 0 Å². The van der Waals surface area contributed by atoms with Crippen LogP contribution in [0.2, 0.25) is 0 Å². The highest BCUT2D eigenvalue weighted by Gasteiger charge is 2.67. The van der Waals surface area contributed by atoms with Gasteiger partial charge in [0.05, 0.1) is 0 Å². The van der Waals surface area contributed by atoms with Crippen molar-refractivity contribution in [3.8, 4) is 0 Å². The van der Waals surface area contributed by atoms with Crippen LogP contribution < -0.4 is 0 Å². The highest BCUT2D eigenvalue weighted by molar-refractivity contribution is 5.16. The minimum atomic E-state index is -0.911. The van der Waals surface area contributed by atoms with Crippen molar-refractivity contribution in [3.63, 3.8) is 0 Å². The lowest BCUT2D eigenvalue weighted by Gasteiger charge is -2.28. The van der Waals surface area contributed by atoms with E-state index in [4.69, 9.17) is 0 Å². The molecule has 2 heteroatoms. The largest absolute Gasteiger partial charge is 0.244 e. The van der Waals surface area contributed by atoms with Crippen molar-refractivity contribution in [2.45, 2.75) is 349 Å². The molecular weight excluding hydrogens is 1020 g/mol. The molecule has 0 N–H and O–H groups in total. The van der Waals surface area contributed by atoms with Crippen molar-refractivity contribution in [2.75, 3.05) is 0 Å². The average molecular weight is 1180 g/mol. The van der Waals surface area contributed by atoms with Gasteiger partial charge in [-0.2, -0.15) is 0 Å². The normalized spacial score (nSPS) is 38.3. The first kappa shape index (κ1) is 78.1. The van der Waals surface area contributed by atoms with Crippen LogP contribution in [0, 0.1) is 175 Å². The summed E-state index contributed by atoms with van der Waals surface area (Å²) >= 11 is 0. The summed E-state index contributed by atoms with van der Waals surface area (Å²) in [4.78, 5) is 0. The molecule has 0 aromatic rings. The molecule has 0 amide bonds. The Morgan fingerprint density at radius 2 is 0.548 bits per heavy atom. The minimum absolute atomic E-state index is 0.0833. The summed E-state index contributed by atoms with van der Waals surface area (Å²) < 4.78 is 26.0. The van der Waals surface area contributed by atoms with E-state index in [2.05, 4.69) is 201 Å². The van der Waals surface area contributed by atoms with Crippen LogP contribution in [0.15, 0.2) is 0 Å². The predicted molar refractivity (Wildman–Crippen MR) is 373 cm³/mol. The zero-order chi connectivity index (χ0) is 65.0. The monoisotopic (exact) mass is 1180 g/mol. The fourth-order valence-electron chi connectivity index (χ4n) is 16.3. The van der Waals surface area contributed by atoms with E-state index in [1.807, 2.05) is 20.8 Å². The summed E-state index contributed by atoms with van der Waals surface area (Å²) in [6.45, 7) is 74.6.